The Morgan fingerprint density at radius 2 is 2.31 bits per heavy atom. The molecule has 0 bridgehead atoms. The number of hydrogen-bond donors (Lipinski definition) is 1. The highest BCUT2D eigenvalue weighted by Crippen LogP contribution is 2.08. The first-order valence-corrected chi connectivity index (χ1v) is 5.72. The van der Waals surface area contributed by atoms with Crippen molar-refractivity contribution in [2.24, 2.45) is 0 Å². The molecular weight excluding hydrogens is 224 g/mol. The molecule has 0 saturated heterocycles. The molecule has 0 atom stereocenters. The average molecular weight is 236 g/mol. The van der Waals surface area contributed by atoms with Gasteiger partial charge in [0.25, 0.3) is 5.56 Å². The van der Waals surface area contributed by atoms with Gasteiger partial charge in [-0.05, 0) is 7.05 Å². The molecule has 5 nitrogen and oxygen atoms in total. The van der Waals surface area contributed by atoms with Crippen LogP contribution in [0.25, 0.3) is 0 Å². The van der Waals surface area contributed by atoms with Crippen LogP contribution in [0.5, 0.6) is 0 Å². The second-order valence-electron chi connectivity index (χ2n) is 3.50. The molecule has 0 aliphatic rings. The molecule has 0 amide bonds. The first-order valence-electron chi connectivity index (χ1n) is 4.84. The number of hydrogen-bond acceptors (Lipinski definition) is 5. The van der Waals surface area contributed by atoms with Gasteiger partial charge >= 0.3 is 0 Å². The predicted molar refractivity (Wildman–Crippen MR) is 62.1 cm³/mol. The summed E-state index contributed by atoms with van der Waals surface area (Å²) in [5.41, 5.74) is 0.649. The number of rotatable bonds is 4. The summed E-state index contributed by atoms with van der Waals surface area (Å²) < 4.78 is 0. The molecule has 0 unspecified atom stereocenters. The second-order valence-corrected chi connectivity index (χ2v) is 4.48. The minimum atomic E-state index is -0.118. The van der Waals surface area contributed by atoms with Gasteiger partial charge in [0.15, 0.2) is 0 Å². The highest BCUT2D eigenvalue weighted by atomic mass is 32.1. The molecule has 0 fully saturated rings. The van der Waals surface area contributed by atoms with Gasteiger partial charge in [-0.1, -0.05) is 0 Å². The molecule has 0 aliphatic carbocycles. The fourth-order valence-electron chi connectivity index (χ4n) is 1.39. The normalized spacial score (nSPS) is 10.9. The zero-order valence-corrected chi connectivity index (χ0v) is 9.70. The largest absolute Gasteiger partial charge is 0.313 e. The Hall–Kier alpha value is -1.53. The number of nitrogens with zero attached hydrogens (tertiary/aromatic N) is 3. The maximum Gasteiger partial charge on any atom is 0.250 e. The summed E-state index contributed by atoms with van der Waals surface area (Å²) in [4.78, 5) is 23.9. The van der Waals surface area contributed by atoms with E-state index in [9.17, 15) is 4.79 Å². The summed E-state index contributed by atoms with van der Waals surface area (Å²) in [6.07, 6.45) is 3.22. The quantitative estimate of drug-likeness (QED) is 0.855. The molecule has 0 spiro atoms. The van der Waals surface area contributed by atoms with Crippen LogP contribution < -0.4 is 5.56 Å². The zero-order chi connectivity index (χ0) is 11.4. The van der Waals surface area contributed by atoms with Gasteiger partial charge < -0.3 is 4.98 Å². The van der Waals surface area contributed by atoms with E-state index in [4.69, 9.17) is 0 Å². The maximum atomic E-state index is 11.1. The third-order valence-electron chi connectivity index (χ3n) is 2.06. The zero-order valence-electron chi connectivity index (χ0n) is 8.88. The van der Waals surface area contributed by atoms with Crippen molar-refractivity contribution in [1.82, 2.24) is 19.9 Å². The number of aromatic nitrogens is 3. The Labute approximate surface area is 96.8 Å². The van der Waals surface area contributed by atoms with Gasteiger partial charge in [-0.15, -0.1) is 11.3 Å². The molecule has 2 aromatic heterocycles. The van der Waals surface area contributed by atoms with Crippen molar-refractivity contribution in [3.05, 3.63) is 45.0 Å². The number of H-pyrrole nitrogens is 1. The van der Waals surface area contributed by atoms with Crippen molar-refractivity contribution in [2.45, 2.75) is 13.1 Å². The minimum absolute atomic E-state index is 0.118. The molecule has 1 N–H and O–H groups in total. The van der Waals surface area contributed by atoms with Crippen molar-refractivity contribution in [3.63, 3.8) is 0 Å². The summed E-state index contributed by atoms with van der Waals surface area (Å²) in [7, 11) is 1.98. The Balaban J connectivity index is 1.97. The fraction of sp³-hybridized carbons (Fsp3) is 0.300. The summed E-state index contributed by atoms with van der Waals surface area (Å²) in [5, 5.41) is 3.02. The van der Waals surface area contributed by atoms with E-state index in [1.807, 2.05) is 12.4 Å². The Morgan fingerprint density at radius 3 is 3.00 bits per heavy atom. The smallest absolute Gasteiger partial charge is 0.250 e. The predicted octanol–water partition coefficient (Wildman–Crippen LogP) is 0.858. The molecule has 2 rings (SSSR count). The molecule has 2 heterocycles. The molecule has 0 aromatic carbocycles. The molecular formula is C10H12N4OS. The SMILES string of the molecule is CN(Cc1cc(=O)[nH]cn1)Cc1nccs1. The van der Waals surface area contributed by atoms with Gasteiger partial charge in [-0.2, -0.15) is 0 Å². The lowest BCUT2D eigenvalue weighted by atomic mass is 10.4. The van der Waals surface area contributed by atoms with Crippen LogP contribution >= 0.6 is 11.3 Å². The summed E-state index contributed by atoms with van der Waals surface area (Å²) in [5.74, 6) is 0. The lowest BCUT2D eigenvalue weighted by Gasteiger charge is -2.13. The van der Waals surface area contributed by atoms with E-state index in [2.05, 4.69) is 19.9 Å². The van der Waals surface area contributed by atoms with Gasteiger partial charge in [-0.25, -0.2) is 9.97 Å². The summed E-state index contributed by atoms with van der Waals surface area (Å²) in [6, 6.07) is 1.51. The van der Waals surface area contributed by atoms with Gasteiger partial charge in [0.1, 0.15) is 5.01 Å². The maximum absolute atomic E-state index is 11.1. The molecule has 2 aromatic rings. The van der Waals surface area contributed by atoms with Gasteiger partial charge in [-0.3, -0.25) is 9.69 Å². The van der Waals surface area contributed by atoms with Crippen molar-refractivity contribution < 1.29 is 0 Å². The van der Waals surface area contributed by atoms with E-state index in [-0.39, 0.29) is 5.56 Å². The Morgan fingerprint density at radius 1 is 1.44 bits per heavy atom. The van der Waals surface area contributed by atoms with E-state index in [1.165, 1.54) is 12.4 Å². The Bertz CT molecular complexity index is 494. The number of nitrogens with one attached hydrogen (secondary N) is 1. The summed E-state index contributed by atoms with van der Waals surface area (Å²) in [6.45, 7) is 1.41. The van der Waals surface area contributed by atoms with E-state index in [0.29, 0.717) is 6.54 Å². The van der Waals surface area contributed by atoms with Gasteiger partial charge in [0, 0.05) is 24.2 Å². The van der Waals surface area contributed by atoms with Crippen LogP contribution in [0.15, 0.2) is 28.8 Å². The van der Waals surface area contributed by atoms with E-state index >= 15 is 0 Å². The van der Waals surface area contributed by atoms with E-state index in [1.54, 1.807) is 17.5 Å². The van der Waals surface area contributed by atoms with Crippen molar-refractivity contribution in [1.29, 1.82) is 0 Å². The van der Waals surface area contributed by atoms with E-state index < -0.39 is 0 Å². The van der Waals surface area contributed by atoms with Crippen molar-refractivity contribution in [2.75, 3.05) is 7.05 Å². The van der Waals surface area contributed by atoms with Gasteiger partial charge in [0.05, 0.1) is 18.6 Å². The standard InChI is InChI=1S/C10H12N4OS/c1-14(6-10-11-2-3-16-10)5-8-4-9(15)13-7-12-8/h2-4,7H,5-6H2,1H3,(H,12,13,15). The average Bonchev–Trinajstić information content (AvgIpc) is 2.70. The molecule has 6 heteroatoms. The fourth-order valence-corrected chi connectivity index (χ4v) is 2.09. The molecule has 0 aliphatic heterocycles. The number of thiazole rings is 1. The third-order valence-corrected chi connectivity index (χ3v) is 2.82. The van der Waals surface area contributed by atoms with Crippen LogP contribution in [-0.4, -0.2) is 26.9 Å². The van der Waals surface area contributed by atoms with Crippen LogP contribution in [0.4, 0.5) is 0 Å². The molecule has 84 valence electrons. The third kappa shape index (κ3) is 2.98. The minimum Gasteiger partial charge on any atom is -0.313 e. The highest BCUT2D eigenvalue weighted by Gasteiger charge is 2.04. The Kier molecular flexibility index (Phi) is 3.43. The first-order chi connectivity index (χ1) is 7.74. The molecule has 0 radical (unpaired) electrons. The lowest BCUT2D eigenvalue weighted by Crippen LogP contribution is -2.19. The van der Waals surface area contributed by atoms with Crippen LogP contribution in [0.3, 0.4) is 0 Å². The van der Waals surface area contributed by atoms with Crippen molar-refractivity contribution in [3.8, 4) is 0 Å². The highest BCUT2D eigenvalue weighted by molar-refractivity contribution is 7.09. The van der Waals surface area contributed by atoms with Gasteiger partial charge in [0.2, 0.25) is 0 Å². The molecule has 0 saturated carbocycles. The van der Waals surface area contributed by atoms with Crippen LogP contribution in [0.2, 0.25) is 0 Å². The van der Waals surface area contributed by atoms with Crippen LogP contribution in [0, 0.1) is 0 Å². The first kappa shape index (κ1) is 11.0. The molecule has 16 heavy (non-hydrogen) atoms. The van der Waals surface area contributed by atoms with E-state index in [0.717, 1.165) is 17.2 Å². The number of aromatic amines is 1. The lowest BCUT2D eigenvalue weighted by molar-refractivity contribution is 0.314. The topological polar surface area (TPSA) is 61.9 Å². The van der Waals surface area contributed by atoms with Crippen LogP contribution in [0.1, 0.15) is 10.7 Å². The second kappa shape index (κ2) is 5.00. The van der Waals surface area contributed by atoms with Crippen molar-refractivity contribution >= 4 is 11.3 Å². The summed E-state index contributed by atoms with van der Waals surface area (Å²) >= 11 is 1.62. The van der Waals surface area contributed by atoms with Crippen LogP contribution in [-0.2, 0) is 13.1 Å². The monoisotopic (exact) mass is 236 g/mol.